The number of carboxylic acid groups (broad SMARTS) is 1. The highest BCUT2D eigenvalue weighted by Crippen LogP contribution is 2.21. The number of hydrogen-bond acceptors (Lipinski definition) is 4. The summed E-state index contributed by atoms with van der Waals surface area (Å²) in [6, 6.07) is 5.83. The second kappa shape index (κ2) is 5.88. The number of nitrogens with one attached hydrogen (secondary N) is 1. The molecule has 1 aromatic carbocycles. The van der Waals surface area contributed by atoms with E-state index in [0.29, 0.717) is 22.6 Å². The average molecular weight is 306 g/mol. The molecule has 1 heterocycles. The van der Waals surface area contributed by atoms with E-state index in [4.69, 9.17) is 16.7 Å². The molecule has 6 nitrogen and oxygen atoms in total. The number of carbonyl (C=O) groups excluding carboxylic acids is 1. The maximum Gasteiger partial charge on any atom is 0.337 e. The van der Waals surface area contributed by atoms with Crippen molar-refractivity contribution >= 4 is 29.2 Å². The van der Waals surface area contributed by atoms with E-state index in [9.17, 15) is 9.59 Å². The molecule has 2 N–H and O–H groups in total. The highest BCUT2D eigenvalue weighted by Gasteiger charge is 2.13. The van der Waals surface area contributed by atoms with Crippen molar-refractivity contribution in [1.29, 1.82) is 0 Å². The van der Waals surface area contributed by atoms with E-state index in [1.807, 2.05) is 0 Å². The van der Waals surface area contributed by atoms with Crippen molar-refractivity contribution in [1.82, 2.24) is 10.2 Å². The van der Waals surface area contributed by atoms with Gasteiger partial charge < -0.3 is 10.4 Å². The molecule has 0 saturated heterocycles. The average Bonchev–Trinajstić information content (AvgIpc) is 2.41. The number of carbonyl (C=O) groups is 2. The summed E-state index contributed by atoms with van der Waals surface area (Å²) in [6.07, 6.45) is 0. The Labute approximate surface area is 125 Å². The lowest BCUT2D eigenvalue weighted by molar-refractivity contribution is 0.0697. The van der Waals surface area contributed by atoms with Crippen LogP contribution in [-0.2, 0) is 0 Å². The molecule has 7 heteroatoms. The monoisotopic (exact) mass is 305 g/mol. The van der Waals surface area contributed by atoms with Gasteiger partial charge in [-0.1, -0.05) is 11.6 Å². The summed E-state index contributed by atoms with van der Waals surface area (Å²) in [5.74, 6) is -1.48. The fraction of sp³-hybridized carbons (Fsp3) is 0.143. The Morgan fingerprint density at radius 2 is 1.86 bits per heavy atom. The molecule has 0 aliphatic heterocycles. The molecular formula is C14H12ClN3O3. The van der Waals surface area contributed by atoms with E-state index in [2.05, 4.69) is 15.5 Å². The fourth-order valence-corrected chi connectivity index (χ4v) is 2.01. The van der Waals surface area contributed by atoms with Crippen LogP contribution in [-0.4, -0.2) is 27.2 Å². The first kappa shape index (κ1) is 14.9. The second-order valence-corrected chi connectivity index (χ2v) is 4.85. The molecule has 1 amide bonds. The normalized spacial score (nSPS) is 10.2. The van der Waals surface area contributed by atoms with Gasteiger partial charge in [-0.15, -0.1) is 0 Å². The van der Waals surface area contributed by atoms with E-state index in [1.54, 1.807) is 19.9 Å². The number of carboxylic acids is 1. The van der Waals surface area contributed by atoms with Crippen LogP contribution in [0.1, 0.15) is 32.1 Å². The molecule has 108 valence electrons. The second-order valence-electron chi connectivity index (χ2n) is 4.44. The third kappa shape index (κ3) is 3.35. The van der Waals surface area contributed by atoms with Gasteiger partial charge in [0.2, 0.25) is 0 Å². The number of rotatable bonds is 3. The molecular weight excluding hydrogens is 294 g/mol. The van der Waals surface area contributed by atoms with Crippen LogP contribution in [0.15, 0.2) is 24.3 Å². The molecule has 0 radical (unpaired) electrons. The van der Waals surface area contributed by atoms with E-state index >= 15 is 0 Å². The zero-order valence-corrected chi connectivity index (χ0v) is 12.1. The first-order valence-corrected chi connectivity index (χ1v) is 6.41. The van der Waals surface area contributed by atoms with Crippen molar-refractivity contribution in [2.45, 2.75) is 13.8 Å². The number of aromatic carboxylic acids is 1. The van der Waals surface area contributed by atoms with Gasteiger partial charge >= 0.3 is 5.97 Å². The fourth-order valence-electron chi connectivity index (χ4n) is 1.74. The van der Waals surface area contributed by atoms with Crippen molar-refractivity contribution in [3.05, 3.63) is 51.8 Å². The number of amides is 1. The SMILES string of the molecule is Cc1cc(C(=O)Nc2ccc(C(=O)O)c(Cl)c2)c(C)nn1. The quantitative estimate of drug-likeness (QED) is 0.909. The van der Waals surface area contributed by atoms with Gasteiger partial charge in [0.15, 0.2) is 0 Å². The predicted octanol–water partition coefficient (Wildman–Crippen LogP) is 2.70. The summed E-state index contributed by atoms with van der Waals surface area (Å²) in [5, 5.41) is 19.3. The van der Waals surface area contributed by atoms with Crippen LogP contribution in [0.25, 0.3) is 0 Å². The Hall–Kier alpha value is -2.47. The number of hydrogen-bond donors (Lipinski definition) is 2. The van der Waals surface area contributed by atoms with Crippen LogP contribution in [0, 0.1) is 13.8 Å². The molecule has 2 rings (SSSR count). The summed E-state index contributed by atoms with van der Waals surface area (Å²) in [7, 11) is 0. The number of halogens is 1. The standard InChI is InChI=1S/C14H12ClN3O3/c1-7-5-11(8(2)18-17-7)13(19)16-9-3-4-10(14(20)21)12(15)6-9/h3-6H,1-2H3,(H,16,19)(H,20,21). The van der Waals surface area contributed by atoms with Crippen LogP contribution in [0.3, 0.4) is 0 Å². The van der Waals surface area contributed by atoms with Gasteiger partial charge in [-0.25, -0.2) is 4.79 Å². The maximum atomic E-state index is 12.2. The highest BCUT2D eigenvalue weighted by molar-refractivity contribution is 6.33. The Kier molecular flexibility index (Phi) is 4.18. The number of benzene rings is 1. The van der Waals surface area contributed by atoms with Crippen molar-refractivity contribution in [3.8, 4) is 0 Å². The molecule has 0 aliphatic carbocycles. The first-order chi connectivity index (χ1) is 9.88. The van der Waals surface area contributed by atoms with Crippen molar-refractivity contribution in [2.75, 3.05) is 5.32 Å². The van der Waals surface area contributed by atoms with E-state index < -0.39 is 5.97 Å². The number of nitrogens with zero attached hydrogens (tertiary/aromatic N) is 2. The molecule has 0 saturated carbocycles. The topological polar surface area (TPSA) is 92.2 Å². The minimum Gasteiger partial charge on any atom is -0.478 e. The largest absolute Gasteiger partial charge is 0.478 e. The molecule has 1 aromatic heterocycles. The van der Waals surface area contributed by atoms with Gasteiger partial charge in [-0.3, -0.25) is 4.79 Å². The van der Waals surface area contributed by atoms with E-state index in [0.717, 1.165) is 0 Å². The molecule has 0 fully saturated rings. The Balaban J connectivity index is 2.26. The maximum absolute atomic E-state index is 12.2. The smallest absolute Gasteiger partial charge is 0.337 e. The first-order valence-electron chi connectivity index (χ1n) is 6.03. The summed E-state index contributed by atoms with van der Waals surface area (Å²) >= 11 is 5.86. The van der Waals surface area contributed by atoms with Gasteiger partial charge in [0.25, 0.3) is 5.91 Å². The third-order valence-electron chi connectivity index (χ3n) is 2.80. The highest BCUT2D eigenvalue weighted by atomic mass is 35.5. The van der Waals surface area contributed by atoms with E-state index in [1.165, 1.54) is 18.2 Å². The minimum absolute atomic E-state index is 0.0210. The Morgan fingerprint density at radius 3 is 2.48 bits per heavy atom. The summed E-state index contributed by atoms with van der Waals surface area (Å²) < 4.78 is 0. The molecule has 0 aliphatic rings. The van der Waals surface area contributed by atoms with Crippen LogP contribution in [0.4, 0.5) is 5.69 Å². The lowest BCUT2D eigenvalue weighted by atomic mass is 10.1. The van der Waals surface area contributed by atoms with Crippen molar-refractivity contribution in [3.63, 3.8) is 0 Å². The van der Waals surface area contributed by atoms with Crippen LogP contribution in [0.5, 0.6) is 0 Å². The molecule has 0 bridgehead atoms. The summed E-state index contributed by atoms with van der Waals surface area (Å²) in [4.78, 5) is 23.1. The van der Waals surface area contributed by atoms with Crippen LogP contribution >= 0.6 is 11.6 Å². The lowest BCUT2D eigenvalue weighted by Gasteiger charge is -2.08. The molecule has 0 spiro atoms. The van der Waals surface area contributed by atoms with Crippen molar-refractivity contribution < 1.29 is 14.7 Å². The Morgan fingerprint density at radius 1 is 1.14 bits per heavy atom. The lowest BCUT2D eigenvalue weighted by Crippen LogP contribution is -2.15. The van der Waals surface area contributed by atoms with Gasteiger partial charge in [0, 0.05) is 5.69 Å². The minimum atomic E-state index is -1.12. The predicted molar refractivity (Wildman–Crippen MR) is 77.9 cm³/mol. The zero-order valence-electron chi connectivity index (χ0n) is 11.3. The van der Waals surface area contributed by atoms with Gasteiger partial charge in [0.1, 0.15) is 0 Å². The number of anilines is 1. The number of aromatic nitrogens is 2. The zero-order chi connectivity index (χ0) is 15.6. The van der Waals surface area contributed by atoms with Crippen LogP contribution < -0.4 is 5.32 Å². The third-order valence-corrected chi connectivity index (χ3v) is 3.12. The van der Waals surface area contributed by atoms with Gasteiger partial charge in [-0.2, -0.15) is 10.2 Å². The molecule has 0 unspecified atom stereocenters. The molecule has 2 aromatic rings. The molecule has 21 heavy (non-hydrogen) atoms. The number of aryl methyl sites for hydroxylation is 2. The molecule has 0 atom stereocenters. The summed E-state index contributed by atoms with van der Waals surface area (Å²) in [5.41, 5.74) is 1.92. The Bertz CT molecular complexity index is 731. The van der Waals surface area contributed by atoms with Crippen LogP contribution in [0.2, 0.25) is 5.02 Å². The van der Waals surface area contributed by atoms with E-state index in [-0.39, 0.29) is 16.5 Å². The van der Waals surface area contributed by atoms with Gasteiger partial charge in [-0.05, 0) is 38.1 Å². The summed E-state index contributed by atoms with van der Waals surface area (Å²) in [6.45, 7) is 3.42. The van der Waals surface area contributed by atoms with Gasteiger partial charge in [0.05, 0.1) is 27.5 Å². The van der Waals surface area contributed by atoms with Crippen molar-refractivity contribution in [2.24, 2.45) is 0 Å².